The fraction of sp³-hybridized carbons (Fsp3) is 0.333. The molecular formula is C18H19F3N2O2. The van der Waals surface area contributed by atoms with Crippen molar-refractivity contribution in [1.82, 2.24) is 10.3 Å². The van der Waals surface area contributed by atoms with E-state index >= 15 is 0 Å². The van der Waals surface area contributed by atoms with Gasteiger partial charge >= 0.3 is 6.18 Å². The van der Waals surface area contributed by atoms with Gasteiger partial charge in [0, 0.05) is 19.3 Å². The fourth-order valence-electron chi connectivity index (χ4n) is 2.15. The number of hydrogen-bond acceptors (Lipinski definition) is 3. The average molecular weight is 352 g/mol. The number of benzene rings is 1. The van der Waals surface area contributed by atoms with Crippen molar-refractivity contribution in [2.45, 2.75) is 25.6 Å². The molecule has 134 valence electrons. The van der Waals surface area contributed by atoms with E-state index in [0.29, 0.717) is 19.6 Å². The molecule has 0 aliphatic rings. The van der Waals surface area contributed by atoms with Crippen LogP contribution in [0.5, 0.6) is 0 Å². The highest BCUT2D eigenvalue weighted by Crippen LogP contribution is 2.27. The molecule has 1 N–H and O–H groups in total. The van der Waals surface area contributed by atoms with Crippen LogP contribution >= 0.6 is 0 Å². The highest BCUT2D eigenvalue weighted by Gasteiger charge is 2.32. The molecule has 0 aliphatic heterocycles. The quantitative estimate of drug-likeness (QED) is 0.767. The Labute approximate surface area is 144 Å². The zero-order valence-corrected chi connectivity index (χ0v) is 13.7. The predicted molar refractivity (Wildman–Crippen MR) is 87.0 cm³/mol. The summed E-state index contributed by atoms with van der Waals surface area (Å²) in [5, 5.41) is 2.63. The summed E-state index contributed by atoms with van der Waals surface area (Å²) in [6.07, 6.45) is -3.04. The number of ether oxygens (including phenoxy) is 1. The minimum Gasteiger partial charge on any atom is -0.374 e. The number of carbonyl (C=O) groups excluding carboxylic acids is 1. The number of rotatable bonds is 7. The topological polar surface area (TPSA) is 51.2 Å². The van der Waals surface area contributed by atoms with Crippen LogP contribution in [0.2, 0.25) is 0 Å². The molecule has 1 aromatic carbocycles. The molecule has 0 saturated heterocycles. The summed E-state index contributed by atoms with van der Waals surface area (Å²) in [6, 6.07) is 11.7. The van der Waals surface area contributed by atoms with Gasteiger partial charge in [0.05, 0.1) is 11.7 Å². The van der Waals surface area contributed by atoms with Crippen LogP contribution in [-0.4, -0.2) is 24.0 Å². The van der Waals surface area contributed by atoms with Crippen LogP contribution in [0.4, 0.5) is 13.2 Å². The molecule has 0 radical (unpaired) electrons. The summed E-state index contributed by atoms with van der Waals surface area (Å²) in [5.74, 6) is -0.461. The second-order valence-electron chi connectivity index (χ2n) is 5.46. The minimum absolute atomic E-state index is 0.0454. The molecule has 0 spiro atoms. The Morgan fingerprint density at radius 3 is 2.52 bits per heavy atom. The van der Waals surface area contributed by atoms with Crippen LogP contribution < -0.4 is 5.32 Å². The lowest BCUT2D eigenvalue weighted by Gasteiger charge is -2.13. The van der Waals surface area contributed by atoms with Crippen molar-refractivity contribution in [1.29, 1.82) is 0 Å². The van der Waals surface area contributed by atoms with Crippen molar-refractivity contribution in [3.05, 3.63) is 65.5 Å². The SMILES string of the molecule is CC(OCCCNC(=O)c1ccc(C(F)(F)F)nc1)c1ccccc1. The molecule has 1 amide bonds. The van der Waals surface area contributed by atoms with Gasteiger partial charge in [-0.2, -0.15) is 13.2 Å². The van der Waals surface area contributed by atoms with E-state index in [1.807, 2.05) is 37.3 Å². The second-order valence-corrected chi connectivity index (χ2v) is 5.46. The summed E-state index contributed by atoms with van der Waals surface area (Å²) in [4.78, 5) is 15.1. The summed E-state index contributed by atoms with van der Waals surface area (Å²) >= 11 is 0. The maximum Gasteiger partial charge on any atom is 0.433 e. The van der Waals surface area contributed by atoms with E-state index in [4.69, 9.17) is 4.74 Å². The molecule has 1 aromatic heterocycles. The molecule has 0 fully saturated rings. The van der Waals surface area contributed by atoms with Crippen molar-refractivity contribution in [2.24, 2.45) is 0 Å². The largest absolute Gasteiger partial charge is 0.433 e. The molecule has 1 unspecified atom stereocenters. The van der Waals surface area contributed by atoms with Crippen LogP contribution in [-0.2, 0) is 10.9 Å². The third-order valence-corrected chi connectivity index (χ3v) is 3.56. The van der Waals surface area contributed by atoms with Crippen molar-refractivity contribution < 1.29 is 22.7 Å². The van der Waals surface area contributed by atoms with Gasteiger partial charge in [-0.3, -0.25) is 9.78 Å². The second kappa shape index (κ2) is 8.62. The maximum atomic E-state index is 12.4. The number of amides is 1. The summed E-state index contributed by atoms with van der Waals surface area (Å²) in [6.45, 7) is 2.77. The lowest BCUT2D eigenvalue weighted by molar-refractivity contribution is -0.141. The van der Waals surface area contributed by atoms with E-state index in [2.05, 4.69) is 10.3 Å². The molecule has 2 rings (SSSR count). The van der Waals surface area contributed by atoms with Crippen molar-refractivity contribution in [2.75, 3.05) is 13.2 Å². The maximum absolute atomic E-state index is 12.4. The van der Waals surface area contributed by atoms with Gasteiger partial charge in [0.25, 0.3) is 5.91 Å². The molecule has 2 aromatic rings. The van der Waals surface area contributed by atoms with Gasteiger partial charge in [-0.15, -0.1) is 0 Å². The molecule has 1 heterocycles. The predicted octanol–water partition coefficient (Wildman–Crippen LogP) is 4.00. The van der Waals surface area contributed by atoms with Crippen molar-refractivity contribution in [3.8, 4) is 0 Å². The first-order valence-corrected chi connectivity index (χ1v) is 7.86. The van der Waals surface area contributed by atoms with Gasteiger partial charge in [-0.05, 0) is 31.0 Å². The van der Waals surface area contributed by atoms with E-state index in [0.717, 1.165) is 23.9 Å². The Morgan fingerprint density at radius 2 is 1.92 bits per heavy atom. The lowest BCUT2D eigenvalue weighted by atomic mass is 10.1. The summed E-state index contributed by atoms with van der Waals surface area (Å²) in [7, 11) is 0. The molecule has 25 heavy (non-hydrogen) atoms. The Morgan fingerprint density at radius 1 is 1.20 bits per heavy atom. The number of nitrogens with zero attached hydrogens (tertiary/aromatic N) is 1. The molecular weight excluding hydrogens is 333 g/mol. The molecule has 4 nitrogen and oxygen atoms in total. The third-order valence-electron chi connectivity index (χ3n) is 3.56. The molecule has 0 bridgehead atoms. The van der Waals surface area contributed by atoms with Crippen molar-refractivity contribution in [3.63, 3.8) is 0 Å². The molecule has 0 aliphatic carbocycles. The van der Waals surface area contributed by atoms with Crippen LogP contribution in [0.25, 0.3) is 0 Å². The van der Waals surface area contributed by atoms with Gasteiger partial charge < -0.3 is 10.1 Å². The number of carbonyl (C=O) groups is 1. The number of hydrogen-bond donors (Lipinski definition) is 1. The molecule has 0 saturated carbocycles. The molecule has 7 heteroatoms. The Balaban J connectivity index is 1.70. The van der Waals surface area contributed by atoms with Gasteiger partial charge in [-0.25, -0.2) is 0 Å². The summed E-state index contributed by atoms with van der Waals surface area (Å²) in [5.41, 5.74) is 0.140. The van der Waals surface area contributed by atoms with E-state index in [1.165, 1.54) is 0 Å². The molecule has 1 atom stereocenters. The number of halogens is 3. The highest BCUT2D eigenvalue weighted by molar-refractivity contribution is 5.93. The van der Waals surface area contributed by atoms with Gasteiger partial charge in [0.2, 0.25) is 0 Å². The standard InChI is InChI=1S/C18H19F3N2O2/c1-13(14-6-3-2-4-7-14)25-11-5-10-22-17(24)15-8-9-16(23-12-15)18(19,20)21/h2-4,6-9,12-13H,5,10-11H2,1H3,(H,22,24). The number of pyridine rings is 1. The van der Waals surface area contributed by atoms with Crippen LogP contribution in [0, 0.1) is 0 Å². The van der Waals surface area contributed by atoms with E-state index < -0.39 is 17.8 Å². The van der Waals surface area contributed by atoms with Crippen LogP contribution in [0.3, 0.4) is 0 Å². The Hall–Kier alpha value is -2.41. The third kappa shape index (κ3) is 5.86. The smallest absolute Gasteiger partial charge is 0.374 e. The van der Waals surface area contributed by atoms with Crippen molar-refractivity contribution >= 4 is 5.91 Å². The Kier molecular flexibility index (Phi) is 6.52. The van der Waals surface area contributed by atoms with Gasteiger partial charge in [0.1, 0.15) is 5.69 Å². The lowest BCUT2D eigenvalue weighted by Crippen LogP contribution is -2.25. The fourth-order valence-corrected chi connectivity index (χ4v) is 2.15. The van der Waals surface area contributed by atoms with E-state index in [9.17, 15) is 18.0 Å². The monoisotopic (exact) mass is 352 g/mol. The average Bonchev–Trinajstić information content (AvgIpc) is 2.61. The van der Waals surface area contributed by atoms with Gasteiger partial charge in [0.15, 0.2) is 0 Å². The van der Waals surface area contributed by atoms with Crippen LogP contribution in [0.1, 0.15) is 41.1 Å². The zero-order valence-electron chi connectivity index (χ0n) is 13.7. The number of alkyl halides is 3. The first kappa shape index (κ1) is 18.9. The summed E-state index contributed by atoms with van der Waals surface area (Å²) < 4.78 is 42.9. The van der Waals surface area contributed by atoms with Crippen LogP contribution in [0.15, 0.2) is 48.7 Å². The first-order valence-electron chi connectivity index (χ1n) is 7.86. The van der Waals surface area contributed by atoms with E-state index in [1.54, 1.807) is 0 Å². The first-order chi connectivity index (χ1) is 11.9. The minimum atomic E-state index is -4.51. The van der Waals surface area contributed by atoms with E-state index in [-0.39, 0.29) is 11.7 Å². The highest BCUT2D eigenvalue weighted by atomic mass is 19.4. The number of aromatic nitrogens is 1. The number of nitrogens with one attached hydrogen (secondary N) is 1. The Bertz CT molecular complexity index is 673. The normalized spacial score (nSPS) is 12.6. The van der Waals surface area contributed by atoms with Gasteiger partial charge in [-0.1, -0.05) is 30.3 Å². The zero-order chi connectivity index (χ0) is 18.3.